The van der Waals surface area contributed by atoms with E-state index in [1.54, 1.807) is 0 Å². The molecule has 0 bridgehead atoms. The fourth-order valence-corrected chi connectivity index (χ4v) is 3.85. The molecule has 0 spiro atoms. The van der Waals surface area contributed by atoms with Crippen molar-refractivity contribution in [3.05, 3.63) is 0 Å². The molecule has 1 saturated heterocycles. The number of carbonyl (C=O) groups excluding carboxylic acids is 1. The fourth-order valence-electron chi connectivity index (χ4n) is 3.85. The number of rotatable bonds is 5. The second-order valence-corrected chi connectivity index (χ2v) is 6.62. The predicted octanol–water partition coefficient (Wildman–Crippen LogP) is 2.85. The van der Waals surface area contributed by atoms with Crippen molar-refractivity contribution in [3.63, 3.8) is 0 Å². The van der Waals surface area contributed by atoms with E-state index in [1.807, 2.05) is 0 Å². The van der Waals surface area contributed by atoms with Crippen LogP contribution in [0.4, 0.5) is 0 Å². The van der Waals surface area contributed by atoms with Crippen LogP contribution in [0.2, 0.25) is 0 Å². The fraction of sp³-hybridized carbons (Fsp3) is 0.938. The monoisotopic (exact) mass is 266 g/mol. The van der Waals surface area contributed by atoms with Gasteiger partial charge in [0.05, 0.1) is 5.41 Å². The first-order valence-electron chi connectivity index (χ1n) is 8.19. The molecule has 110 valence electrons. The molecule has 2 N–H and O–H groups in total. The van der Waals surface area contributed by atoms with Crippen LogP contribution in [0.5, 0.6) is 0 Å². The Morgan fingerprint density at radius 1 is 1.37 bits per heavy atom. The Labute approximate surface area is 117 Å². The smallest absolute Gasteiger partial charge is 0.227 e. The summed E-state index contributed by atoms with van der Waals surface area (Å²) in [6.45, 7) is 6.24. The van der Waals surface area contributed by atoms with E-state index in [9.17, 15) is 4.79 Å². The minimum atomic E-state index is -0.127. The van der Waals surface area contributed by atoms with Crippen LogP contribution >= 0.6 is 0 Å². The van der Waals surface area contributed by atoms with E-state index in [-0.39, 0.29) is 5.41 Å². The molecule has 19 heavy (non-hydrogen) atoms. The Kier molecular flexibility index (Phi) is 5.26. The van der Waals surface area contributed by atoms with Crippen LogP contribution in [-0.4, -0.2) is 25.0 Å². The summed E-state index contributed by atoms with van der Waals surface area (Å²) in [7, 11) is 0. The van der Waals surface area contributed by atoms with Gasteiger partial charge in [0.2, 0.25) is 5.91 Å². The third-order valence-corrected chi connectivity index (χ3v) is 5.17. The van der Waals surface area contributed by atoms with Crippen molar-refractivity contribution in [1.29, 1.82) is 0 Å². The summed E-state index contributed by atoms with van der Waals surface area (Å²) >= 11 is 0. The molecule has 1 aliphatic carbocycles. The van der Waals surface area contributed by atoms with Crippen LogP contribution in [0.25, 0.3) is 0 Å². The van der Waals surface area contributed by atoms with Gasteiger partial charge in [-0.1, -0.05) is 32.6 Å². The maximum atomic E-state index is 12.7. The minimum absolute atomic E-state index is 0.127. The maximum absolute atomic E-state index is 12.7. The molecule has 3 nitrogen and oxygen atoms in total. The average Bonchev–Trinajstić information content (AvgIpc) is 2.90. The highest BCUT2D eigenvalue weighted by molar-refractivity contribution is 5.83. The molecule has 0 radical (unpaired) electrons. The van der Waals surface area contributed by atoms with Crippen LogP contribution < -0.4 is 10.6 Å². The Hall–Kier alpha value is -0.570. The summed E-state index contributed by atoms with van der Waals surface area (Å²) in [5.41, 5.74) is -0.127. The van der Waals surface area contributed by atoms with Gasteiger partial charge in [0.1, 0.15) is 0 Å². The topological polar surface area (TPSA) is 41.1 Å². The molecule has 0 aromatic heterocycles. The second kappa shape index (κ2) is 6.74. The number of nitrogens with one attached hydrogen (secondary N) is 2. The van der Waals surface area contributed by atoms with Gasteiger partial charge in [0, 0.05) is 12.6 Å². The second-order valence-electron chi connectivity index (χ2n) is 6.62. The lowest BCUT2D eigenvalue weighted by Crippen LogP contribution is -2.48. The highest BCUT2D eigenvalue weighted by Crippen LogP contribution is 2.32. The zero-order valence-corrected chi connectivity index (χ0v) is 12.6. The van der Waals surface area contributed by atoms with E-state index in [4.69, 9.17) is 0 Å². The molecule has 0 aromatic carbocycles. The lowest BCUT2D eigenvalue weighted by molar-refractivity contribution is -0.131. The highest BCUT2D eigenvalue weighted by atomic mass is 16.2. The summed E-state index contributed by atoms with van der Waals surface area (Å²) in [5, 5.41) is 6.71. The zero-order valence-electron chi connectivity index (χ0n) is 12.6. The molecular formula is C16H30N2O. The molecule has 1 amide bonds. The number of amides is 1. The van der Waals surface area contributed by atoms with Crippen molar-refractivity contribution in [3.8, 4) is 0 Å². The van der Waals surface area contributed by atoms with Crippen LogP contribution in [0.3, 0.4) is 0 Å². The first-order valence-corrected chi connectivity index (χ1v) is 8.19. The molecule has 1 unspecified atom stereocenters. The summed E-state index contributed by atoms with van der Waals surface area (Å²) in [4.78, 5) is 12.7. The molecule has 2 aliphatic rings. The van der Waals surface area contributed by atoms with Gasteiger partial charge in [0.15, 0.2) is 0 Å². The van der Waals surface area contributed by atoms with Gasteiger partial charge in [0.25, 0.3) is 0 Å². The summed E-state index contributed by atoms with van der Waals surface area (Å²) in [6, 6.07) is 0.349. The Morgan fingerprint density at radius 2 is 2.11 bits per heavy atom. The SMILES string of the molecule is CCCC1(C(=O)N[C@@H](C)C2CCCCC2)CCNC1. The van der Waals surface area contributed by atoms with Gasteiger partial charge in [-0.05, 0) is 45.1 Å². The molecule has 0 aromatic rings. The van der Waals surface area contributed by atoms with E-state index in [1.165, 1.54) is 32.1 Å². The van der Waals surface area contributed by atoms with Crippen molar-refractivity contribution in [2.75, 3.05) is 13.1 Å². The van der Waals surface area contributed by atoms with Gasteiger partial charge in [-0.25, -0.2) is 0 Å². The van der Waals surface area contributed by atoms with Gasteiger partial charge >= 0.3 is 0 Å². The normalized spacial score (nSPS) is 30.2. The molecule has 2 rings (SSSR count). The molecule has 1 aliphatic heterocycles. The van der Waals surface area contributed by atoms with Crippen molar-refractivity contribution in [1.82, 2.24) is 10.6 Å². The quantitative estimate of drug-likeness (QED) is 0.803. The van der Waals surface area contributed by atoms with Crippen molar-refractivity contribution in [2.24, 2.45) is 11.3 Å². The Bertz CT molecular complexity index is 291. The summed E-state index contributed by atoms with van der Waals surface area (Å²) in [5.74, 6) is 1.00. The lowest BCUT2D eigenvalue weighted by atomic mass is 9.80. The molecule has 2 fully saturated rings. The standard InChI is InChI=1S/C16H30N2O/c1-3-9-16(10-11-17-12-16)15(19)18-13(2)14-7-5-4-6-8-14/h13-14,17H,3-12H2,1-2H3,(H,18,19)/t13-,16?/m0/s1. The number of hydrogen-bond acceptors (Lipinski definition) is 2. The first-order chi connectivity index (χ1) is 9.18. The highest BCUT2D eigenvalue weighted by Gasteiger charge is 2.41. The van der Waals surface area contributed by atoms with Gasteiger partial charge in [-0.15, -0.1) is 0 Å². The third kappa shape index (κ3) is 3.50. The third-order valence-electron chi connectivity index (χ3n) is 5.17. The molecule has 1 saturated carbocycles. The minimum Gasteiger partial charge on any atom is -0.353 e. The molecule has 2 atom stereocenters. The predicted molar refractivity (Wildman–Crippen MR) is 79.0 cm³/mol. The summed E-state index contributed by atoms with van der Waals surface area (Å²) < 4.78 is 0. The number of carbonyl (C=O) groups is 1. The van der Waals surface area contributed by atoms with Crippen LogP contribution in [0.15, 0.2) is 0 Å². The maximum Gasteiger partial charge on any atom is 0.227 e. The van der Waals surface area contributed by atoms with Gasteiger partial charge in [-0.3, -0.25) is 4.79 Å². The zero-order chi connectivity index (χ0) is 13.7. The Balaban J connectivity index is 1.90. The molecular weight excluding hydrogens is 236 g/mol. The average molecular weight is 266 g/mol. The van der Waals surface area contributed by atoms with Gasteiger partial charge in [-0.2, -0.15) is 0 Å². The van der Waals surface area contributed by atoms with Crippen LogP contribution in [0.1, 0.15) is 65.2 Å². The number of hydrogen-bond donors (Lipinski definition) is 2. The van der Waals surface area contributed by atoms with Crippen molar-refractivity contribution in [2.45, 2.75) is 71.3 Å². The van der Waals surface area contributed by atoms with Crippen molar-refractivity contribution >= 4 is 5.91 Å². The van der Waals surface area contributed by atoms with E-state index in [0.29, 0.717) is 17.9 Å². The largest absolute Gasteiger partial charge is 0.353 e. The molecule has 1 heterocycles. The van der Waals surface area contributed by atoms with Crippen molar-refractivity contribution < 1.29 is 4.79 Å². The summed E-state index contributed by atoms with van der Waals surface area (Å²) in [6.07, 6.45) is 9.75. The van der Waals surface area contributed by atoms with E-state index in [2.05, 4.69) is 24.5 Å². The Morgan fingerprint density at radius 3 is 2.68 bits per heavy atom. The van der Waals surface area contributed by atoms with Crippen LogP contribution in [0, 0.1) is 11.3 Å². The van der Waals surface area contributed by atoms with E-state index in [0.717, 1.165) is 32.4 Å². The first kappa shape index (κ1) is 14.8. The van der Waals surface area contributed by atoms with Crippen LogP contribution in [-0.2, 0) is 4.79 Å². The van der Waals surface area contributed by atoms with Gasteiger partial charge < -0.3 is 10.6 Å². The lowest BCUT2D eigenvalue weighted by Gasteiger charge is -2.33. The van der Waals surface area contributed by atoms with E-state index >= 15 is 0 Å². The van der Waals surface area contributed by atoms with E-state index < -0.39 is 0 Å². The molecule has 3 heteroatoms.